The van der Waals surface area contributed by atoms with E-state index in [4.69, 9.17) is 4.74 Å². The Labute approximate surface area is 158 Å². The lowest BCUT2D eigenvalue weighted by molar-refractivity contribution is -0.142. The number of fused-ring (bicyclic) bond motifs is 1. The van der Waals surface area contributed by atoms with Gasteiger partial charge in [0, 0.05) is 4.88 Å². The summed E-state index contributed by atoms with van der Waals surface area (Å²) < 4.78 is 9.72. The number of anilines is 1. The number of amides is 1. The van der Waals surface area contributed by atoms with Crippen LogP contribution in [-0.4, -0.2) is 31.6 Å². The number of nitrogens with one attached hydrogen (secondary N) is 1. The Balaban J connectivity index is 2.32. The van der Waals surface area contributed by atoms with Crippen molar-refractivity contribution in [2.24, 2.45) is 11.3 Å². The topological polar surface area (TPSA) is 81.7 Å². The van der Waals surface area contributed by atoms with Gasteiger partial charge in [-0.25, -0.2) is 4.79 Å². The maximum Gasteiger partial charge on any atom is 0.341 e. The predicted octanol–water partition coefficient (Wildman–Crippen LogP) is 3.58. The molecular weight excluding hydrogens is 354 g/mol. The fourth-order valence-corrected chi connectivity index (χ4v) is 4.54. The minimum Gasteiger partial charge on any atom is -0.469 e. The van der Waals surface area contributed by atoms with Crippen molar-refractivity contribution in [3.63, 3.8) is 0 Å². The van der Waals surface area contributed by atoms with Crippen LogP contribution in [0.25, 0.3) is 0 Å². The second-order valence-corrected chi connectivity index (χ2v) is 8.64. The van der Waals surface area contributed by atoms with E-state index in [0.29, 0.717) is 16.5 Å². The first-order valence-corrected chi connectivity index (χ1v) is 9.67. The van der Waals surface area contributed by atoms with E-state index in [9.17, 15) is 14.4 Å². The molecule has 1 aliphatic rings. The minimum absolute atomic E-state index is 0.181. The molecule has 0 aromatic carbocycles. The normalized spacial score (nSPS) is 16.6. The summed E-state index contributed by atoms with van der Waals surface area (Å²) in [5.41, 5.74) is 1.60. The van der Waals surface area contributed by atoms with E-state index in [1.54, 1.807) is 6.92 Å². The van der Waals surface area contributed by atoms with Gasteiger partial charge in [-0.05, 0) is 43.1 Å². The zero-order valence-electron chi connectivity index (χ0n) is 16.1. The first-order valence-electron chi connectivity index (χ1n) is 8.85. The van der Waals surface area contributed by atoms with Crippen molar-refractivity contribution >= 4 is 34.2 Å². The maximum atomic E-state index is 12.5. The van der Waals surface area contributed by atoms with Crippen molar-refractivity contribution in [3.05, 3.63) is 16.0 Å². The van der Waals surface area contributed by atoms with Crippen molar-refractivity contribution < 1.29 is 23.9 Å². The summed E-state index contributed by atoms with van der Waals surface area (Å²) in [6, 6.07) is 0. The molecule has 7 heteroatoms. The lowest BCUT2D eigenvalue weighted by Gasteiger charge is -2.33. The Kier molecular flexibility index (Phi) is 6.44. The SMILES string of the molecule is CCOC(=O)c1c(NC(=O)CC(=O)OC)sc2c1CC[C@H](C(C)(C)C)C2. The number of methoxy groups -OCH3 is 1. The third-order valence-electron chi connectivity index (χ3n) is 4.76. The third-order valence-corrected chi connectivity index (χ3v) is 5.92. The molecule has 0 saturated carbocycles. The van der Waals surface area contributed by atoms with Gasteiger partial charge < -0.3 is 14.8 Å². The zero-order chi connectivity index (χ0) is 19.5. The van der Waals surface area contributed by atoms with Crippen LogP contribution >= 0.6 is 11.3 Å². The first kappa shape index (κ1) is 20.4. The quantitative estimate of drug-likeness (QED) is 0.623. The molecule has 1 amide bonds. The van der Waals surface area contributed by atoms with E-state index in [1.165, 1.54) is 18.4 Å². The van der Waals surface area contributed by atoms with Crippen molar-refractivity contribution in [1.82, 2.24) is 0 Å². The summed E-state index contributed by atoms with van der Waals surface area (Å²) in [4.78, 5) is 37.0. The molecule has 144 valence electrons. The lowest BCUT2D eigenvalue weighted by Crippen LogP contribution is -2.26. The number of hydrogen-bond donors (Lipinski definition) is 1. The van der Waals surface area contributed by atoms with Crippen LogP contribution in [0.3, 0.4) is 0 Å². The molecule has 0 radical (unpaired) electrons. The van der Waals surface area contributed by atoms with Crippen LogP contribution in [0, 0.1) is 11.3 Å². The zero-order valence-corrected chi connectivity index (χ0v) is 16.9. The molecule has 2 rings (SSSR count). The Hall–Kier alpha value is -1.89. The standard InChI is InChI=1S/C19H27NO5S/c1-6-25-18(23)16-12-8-7-11(19(2,3)4)9-13(12)26-17(16)20-14(21)10-15(22)24-5/h11H,6-10H2,1-5H3,(H,20,21)/t11-/m0/s1. The molecule has 26 heavy (non-hydrogen) atoms. The fraction of sp³-hybridized carbons (Fsp3) is 0.632. The van der Waals surface area contributed by atoms with Gasteiger partial charge in [0.1, 0.15) is 11.4 Å². The highest BCUT2D eigenvalue weighted by Crippen LogP contribution is 2.44. The number of ether oxygens (including phenoxy) is 2. The molecule has 1 aromatic rings. The average molecular weight is 381 g/mol. The summed E-state index contributed by atoms with van der Waals surface area (Å²) >= 11 is 1.41. The van der Waals surface area contributed by atoms with Gasteiger partial charge in [0.2, 0.25) is 5.91 Å². The lowest BCUT2D eigenvalue weighted by atomic mass is 9.72. The minimum atomic E-state index is -0.616. The van der Waals surface area contributed by atoms with E-state index in [-0.39, 0.29) is 18.4 Å². The highest BCUT2D eigenvalue weighted by atomic mass is 32.1. The van der Waals surface area contributed by atoms with Crippen LogP contribution in [0.1, 0.15) is 61.3 Å². The van der Waals surface area contributed by atoms with Crippen LogP contribution in [-0.2, 0) is 31.9 Å². The smallest absolute Gasteiger partial charge is 0.341 e. The van der Waals surface area contributed by atoms with Crippen molar-refractivity contribution in [1.29, 1.82) is 0 Å². The van der Waals surface area contributed by atoms with Crippen LogP contribution in [0.2, 0.25) is 0 Å². The van der Waals surface area contributed by atoms with Crippen LogP contribution in [0.5, 0.6) is 0 Å². The van der Waals surface area contributed by atoms with Gasteiger partial charge in [-0.15, -0.1) is 11.3 Å². The monoisotopic (exact) mass is 381 g/mol. The Morgan fingerprint density at radius 3 is 2.54 bits per heavy atom. The van der Waals surface area contributed by atoms with Gasteiger partial charge in [-0.2, -0.15) is 0 Å². The van der Waals surface area contributed by atoms with Crippen molar-refractivity contribution in [2.45, 2.75) is 53.4 Å². The van der Waals surface area contributed by atoms with Gasteiger partial charge in [-0.1, -0.05) is 20.8 Å². The van der Waals surface area contributed by atoms with Crippen LogP contribution in [0.15, 0.2) is 0 Å². The highest BCUT2D eigenvalue weighted by Gasteiger charge is 2.34. The molecule has 0 saturated heterocycles. The maximum absolute atomic E-state index is 12.5. The van der Waals surface area contributed by atoms with E-state index >= 15 is 0 Å². The molecule has 0 fully saturated rings. The molecular formula is C19H27NO5S. The molecule has 6 nitrogen and oxygen atoms in total. The Morgan fingerprint density at radius 2 is 1.96 bits per heavy atom. The summed E-state index contributed by atoms with van der Waals surface area (Å²) in [5.74, 6) is -1.02. The fourth-order valence-electron chi connectivity index (χ4n) is 3.21. The van der Waals surface area contributed by atoms with Gasteiger partial charge in [0.05, 0.1) is 19.3 Å². The van der Waals surface area contributed by atoms with E-state index in [2.05, 4.69) is 30.8 Å². The van der Waals surface area contributed by atoms with Gasteiger partial charge in [0.15, 0.2) is 0 Å². The Bertz CT molecular complexity index is 702. The second kappa shape index (κ2) is 8.20. The van der Waals surface area contributed by atoms with Crippen molar-refractivity contribution in [3.8, 4) is 0 Å². The predicted molar refractivity (Wildman–Crippen MR) is 101 cm³/mol. The number of carbonyl (C=O) groups excluding carboxylic acids is 3. The molecule has 0 spiro atoms. The molecule has 1 aromatic heterocycles. The number of esters is 2. The van der Waals surface area contributed by atoms with Crippen LogP contribution in [0.4, 0.5) is 5.00 Å². The number of thiophene rings is 1. The molecule has 1 aliphatic carbocycles. The van der Waals surface area contributed by atoms with E-state index < -0.39 is 17.8 Å². The number of carbonyl (C=O) groups is 3. The van der Waals surface area contributed by atoms with Gasteiger partial charge in [-0.3, -0.25) is 9.59 Å². The average Bonchev–Trinajstić information content (AvgIpc) is 2.90. The number of rotatable bonds is 5. The van der Waals surface area contributed by atoms with E-state index in [1.807, 2.05) is 0 Å². The largest absolute Gasteiger partial charge is 0.469 e. The molecule has 0 aliphatic heterocycles. The molecule has 0 unspecified atom stereocenters. The summed E-state index contributed by atoms with van der Waals surface area (Å²) in [7, 11) is 1.23. The summed E-state index contributed by atoms with van der Waals surface area (Å²) in [5, 5.41) is 3.17. The second-order valence-electron chi connectivity index (χ2n) is 7.54. The summed E-state index contributed by atoms with van der Waals surface area (Å²) in [6.07, 6.45) is 2.28. The molecule has 1 N–H and O–H groups in total. The first-order chi connectivity index (χ1) is 12.2. The Morgan fingerprint density at radius 1 is 1.27 bits per heavy atom. The summed E-state index contributed by atoms with van der Waals surface area (Å²) in [6.45, 7) is 8.69. The van der Waals surface area contributed by atoms with Gasteiger partial charge in [0.25, 0.3) is 0 Å². The molecule has 1 atom stereocenters. The van der Waals surface area contributed by atoms with Crippen molar-refractivity contribution in [2.75, 3.05) is 19.0 Å². The van der Waals surface area contributed by atoms with Gasteiger partial charge >= 0.3 is 11.9 Å². The molecule has 0 bridgehead atoms. The van der Waals surface area contributed by atoms with Crippen LogP contribution < -0.4 is 5.32 Å². The third kappa shape index (κ3) is 4.63. The molecule has 1 heterocycles. The number of hydrogen-bond acceptors (Lipinski definition) is 6. The van der Waals surface area contributed by atoms with E-state index in [0.717, 1.165) is 29.7 Å². The highest BCUT2D eigenvalue weighted by molar-refractivity contribution is 7.17.